The molecule has 25 heavy (non-hydrogen) atoms. The van der Waals surface area contributed by atoms with Gasteiger partial charge < -0.3 is 15.3 Å². The van der Waals surface area contributed by atoms with E-state index in [1.165, 1.54) is 0 Å². The second-order valence-corrected chi connectivity index (χ2v) is 6.15. The second-order valence-electron chi connectivity index (χ2n) is 6.15. The molecule has 1 aliphatic heterocycles. The van der Waals surface area contributed by atoms with E-state index in [9.17, 15) is 19.1 Å². The van der Waals surface area contributed by atoms with E-state index >= 15 is 0 Å². The van der Waals surface area contributed by atoms with Crippen LogP contribution in [0.3, 0.4) is 0 Å². The number of halogens is 2. The van der Waals surface area contributed by atoms with Crippen molar-refractivity contribution in [3.63, 3.8) is 0 Å². The summed E-state index contributed by atoms with van der Waals surface area (Å²) in [5.74, 6) is -0.962. The smallest absolute Gasteiger partial charge is 0.128 e. The van der Waals surface area contributed by atoms with Crippen LogP contribution in [0.15, 0.2) is 36.4 Å². The molecule has 1 heterocycles. The fraction of sp³-hybridized carbons (Fsp3) is 0.316. The number of anilines is 2. The number of aliphatic hydroxyl groups is 1. The lowest BCUT2D eigenvalue weighted by molar-refractivity contribution is 0.145. The van der Waals surface area contributed by atoms with Crippen LogP contribution in [0.25, 0.3) is 0 Å². The summed E-state index contributed by atoms with van der Waals surface area (Å²) >= 11 is 0. The topological polar surface area (TPSA) is 59.3 Å². The Labute approximate surface area is 145 Å². The summed E-state index contributed by atoms with van der Waals surface area (Å²) in [5.41, 5.74) is 2.24. The molecule has 0 bridgehead atoms. The lowest BCUT2D eigenvalue weighted by Gasteiger charge is -2.32. The molecule has 4 nitrogen and oxygen atoms in total. The third-order valence-electron chi connectivity index (χ3n) is 4.41. The first-order chi connectivity index (χ1) is 12.1. The number of benzene rings is 2. The molecular formula is C19H19F2N3O. The maximum atomic E-state index is 13.7. The minimum Gasteiger partial charge on any atom is -0.393 e. The van der Waals surface area contributed by atoms with Crippen molar-refractivity contribution in [1.82, 2.24) is 0 Å². The van der Waals surface area contributed by atoms with Gasteiger partial charge in [-0.1, -0.05) is 0 Å². The molecule has 1 aliphatic rings. The van der Waals surface area contributed by atoms with Crippen molar-refractivity contribution in [1.29, 1.82) is 5.26 Å². The largest absolute Gasteiger partial charge is 0.393 e. The van der Waals surface area contributed by atoms with Crippen molar-refractivity contribution in [2.24, 2.45) is 0 Å². The predicted octanol–water partition coefficient (Wildman–Crippen LogP) is 3.41. The maximum Gasteiger partial charge on any atom is 0.128 e. The monoisotopic (exact) mass is 343 g/mol. The lowest BCUT2D eigenvalue weighted by Crippen LogP contribution is -2.36. The summed E-state index contributed by atoms with van der Waals surface area (Å²) in [7, 11) is 0. The third kappa shape index (κ3) is 4.06. The number of hydrogen-bond acceptors (Lipinski definition) is 4. The van der Waals surface area contributed by atoms with E-state index in [4.69, 9.17) is 0 Å². The van der Waals surface area contributed by atoms with E-state index in [1.54, 1.807) is 6.07 Å². The van der Waals surface area contributed by atoms with Crippen LogP contribution in [0.4, 0.5) is 20.2 Å². The zero-order chi connectivity index (χ0) is 17.8. The van der Waals surface area contributed by atoms with Gasteiger partial charge in [0.1, 0.15) is 17.7 Å². The van der Waals surface area contributed by atoms with Gasteiger partial charge >= 0.3 is 0 Å². The number of nitrogens with zero attached hydrogens (tertiary/aromatic N) is 2. The molecule has 0 saturated carbocycles. The van der Waals surface area contributed by atoms with Crippen molar-refractivity contribution < 1.29 is 13.9 Å². The molecule has 2 aromatic carbocycles. The average Bonchev–Trinajstić information content (AvgIpc) is 2.63. The first kappa shape index (κ1) is 17.2. The van der Waals surface area contributed by atoms with Crippen LogP contribution in [-0.2, 0) is 6.54 Å². The van der Waals surface area contributed by atoms with Crippen LogP contribution in [-0.4, -0.2) is 24.3 Å². The van der Waals surface area contributed by atoms with Gasteiger partial charge in [-0.2, -0.15) is 5.26 Å². The van der Waals surface area contributed by atoms with E-state index < -0.39 is 11.6 Å². The van der Waals surface area contributed by atoms with Crippen LogP contribution in [0.1, 0.15) is 24.0 Å². The molecule has 1 fully saturated rings. The fourth-order valence-electron chi connectivity index (χ4n) is 2.99. The second kappa shape index (κ2) is 7.49. The highest BCUT2D eigenvalue weighted by atomic mass is 19.1. The predicted molar refractivity (Wildman–Crippen MR) is 92.3 cm³/mol. The zero-order valence-corrected chi connectivity index (χ0v) is 13.7. The molecule has 0 amide bonds. The van der Waals surface area contributed by atoms with Gasteiger partial charge in [-0.15, -0.1) is 0 Å². The molecule has 0 spiro atoms. The highest BCUT2D eigenvalue weighted by molar-refractivity contribution is 5.65. The number of rotatable bonds is 4. The quantitative estimate of drug-likeness (QED) is 0.893. The van der Waals surface area contributed by atoms with Crippen molar-refractivity contribution in [3.8, 4) is 6.07 Å². The number of piperidine rings is 1. The van der Waals surface area contributed by atoms with Gasteiger partial charge in [0.15, 0.2) is 0 Å². The molecule has 3 rings (SSSR count). The fourth-order valence-corrected chi connectivity index (χ4v) is 2.99. The Morgan fingerprint density at radius 1 is 1.16 bits per heavy atom. The van der Waals surface area contributed by atoms with Gasteiger partial charge in [0.2, 0.25) is 0 Å². The number of nitriles is 1. The van der Waals surface area contributed by atoms with Gasteiger partial charge in [-0.3, -0.25) is 0 Å². The Morgan fingerprint density at radius 2 is 1.92 bits per heavy atom. The highest BCUT2D eigenvalue weighted by Gasteiger charge is 2.19. The van der Waals surface area contributed by atoms with Crippen LogP contribution in [0.2, 0.25) is 0 Å². The summed E-state index contributed by atoms with van der Waals surface area (Å²) in [6.07, 6.45) is 1.09. The SMILES string of the molecule is N#Cc1cc(NCc2cc(F)ccc2F)ccc1N1CCC(O)CC1. The van der Waals surface area contributed by atoms with Gasteiger partial charge in [0.05, 0.1) is 17.4 Å². The molecule has 0 radical (unpaired) electrons. The van der Waals surface area contributed by atoms with E-state index in [0.717, 1.165) is 23.9 Å². The third-order valence-corrected chi connectivity index (χ3v) is 4.41. The molecule has 0 atom stereocenters. The summed E-state index contributed by atoms with van der Waals surface area (Å²) in [5, 5.41) is 22.1. The highest BCUT2D eigenvalue weighted by Crippen LogP contribution is 2.27. The molecule has 2 N–H and O–H groups in total. The van der Waals surface area contributed by atoms with E-state index in [1.807, 2.05) is 12.1 Å². The summed E-state index contributed by atoms with van der Waals surface area (Å²) in [6, 6.07) is 10.9. The maximum absolute atomic E-state index is 13.7. The summed E-state index contributed by atoms with van der Waals surface area (Å²) in [6.45, 7) is 1.54. The number of nitrogens with one attached hydrogen (secondary N) is 1. The van der Waals surface area contributed by atoms with Crippen LogP contribution in [0, 0.1) is 23.0 Å². The van der Waals surface area contributed by atoms with Crippen LogP contribution in [0.5, 0.6) is 0 Å². The Morgan fingerprint density at radius 3 is 2.64 bits per heavy atom. The Balaban J connectivity index is 1.73. The van der Waals surface area contributed by atoms with E-state index in [2.05, 4.69) is 16.3 Å². The molecular weight excluding hydrogens is 324 g/mol. The Hall–Kier alpha value is -2.65. The standard InChI is InChI=1S/C19H19F2N3O/c20-15-1-3-18(21)14(9-15)12-23-16-2-4-19(13(10-16)11-22)24-7-5-17(25)6-8-24/h1-4,9-10,17,23,25H,5-8,12H2. The molecule has 6 heteroatoms. The van der Waals surface area contributed by atoms with E-state index in [-0.39, 0.29) is 18.2 Å². The first-order valence-corrected chi connectivity index (χ1v) is 8.22. The van der Waals surface area contributed by atoms with E-state index in [0.29, 0.717) is 37.2 Å². The molecule has 0 unspecified atom stereocenters. The summed E-state index contributed by atoms with van der Waals surface area (Å²) < 4.78 is 26.9. The zero-order valence-electron chi connectivity index (χ0n) is 13.7. The van der Waals surface area contributed by atoms with Crippen molar-refractivity contribution in [3.05, 3.63) is 59.2 Å². The van der Waals surface area contributed by atoms with Gasteiger partial charge in [-0.05, 0) is 49.2 Å². The minimum absolute atomic E-state index is 0.129. The number of aliphatic hydroxyl groups excluding tert-OH is 1. The first-order valence-electron chi connectivity index (χ1n) is 8.22. The summed E-state index contributed by atoms with van der Waals surface area (Å²) in [4.78, 5) is 2.08. The minimum atomic E-state index is -0.487. The Bertz CT molecular complexity index is 796. The normalized spacial score (nSPS) is 15.0. The van der Waals surface area contributed by atoms with Crippen LogP contribution < -0.4 is 10.2 Å². The van der Waals surface area contributed by atoms with Crippen molar-refractivity contribution in [2.45, 2.75) is 25.5 Å². The van der Waals surface area contributed by atoms with Gasteiger partial charge in [-0.25, -0.2) is 8.78 Å². The molecule has 130 valence electrons. The number of hydrogen-bond donors (Lipinski definition) is 2. The van der Waals surface area contributed by atoms with Gasteiger partial charge in [0, 0.05) is 30.9 Å². The molecule has 0 aliphatic carbocycles. The molecule has 0 aromatic heterocycles. The lowest BCUT2D eigenvalue weighted by atomic mass is 10.0. The van der Waals surface area contributed by atoms with Gasteiger partial charge in [0.25, 0.3) is 0 Å². The molecule has 2 aromatic rings. The Kier molecular flexibility index (Phi) is 5.15. The average molecular weight is 343 g/mol. The van der Waals surface area contributed by atoms with Crippen LogP contribution >= 0.6 is 0 Å². The van der Waals surface area contributed by atoms with Crippen molar-refractivity contribution >= 4 is 11.4 Å². The molecule has 1 saturated heterocycles. The van der Waals surface area contributed by atoms with Crippen molar-refractivity contribution in [2.75, 3.05) is 23.3 Å².